The van der Waals surface area contributed by atoms with E-state index in [-0.39, 0.29) is 24.0 Å². The molecule has 3 heteroatoms. The molecule has 0 fully saturated rings. The fourth-order valence-electron chi connectivity index (χ4n) is 2.11. The molecular formula is C16H26N2O. The Morgan fingerprint density at radius 3 is 2.21 bits per heavy atom. The van der Waals surface area contributed by atoms with E-state index in [2.05, 4.69) is 43.5 Å². The lowest BCUT2D eigenvalue weighted by Crippen LogP contribution is -2.46. The summed E-state index contributed by atoms with van der Waals surface area (Å²) >= 11 is 0. The second-order valence-electron chi connectivity index (χ2n) is 5.04. The summed E-state index contributed by atoms with van der Waals surface area (Å²) in [6.45, 7) is 8.19. The second kappa shape index (κ2) is 7.95. The number of hydrogen-bond acceptors (Lipinski definition) is 2. The lowest BCUT2D eigenvalue weighted by molar-refractivity contribution is -0.123. The van der Waals surface area contributed by atoms with Crippen LogP contribution in [0.2, 0.25) is 0 Å². The molecule has 0 saturated carbocycles. The van der Waals surface area contributed by atoms with Crippen molar-refractivity contribution in [2.45, 2.75) is 58.7 Å². The van der Waals surface area contributed by atoms with Gasteiger partial charge in [-0.1, -0.05) is 44.2 Å². The molecule has 0 saturated heterocycles. The fraction of sp³-hybridized carbons (Fsp3) is 0.562. The van der Waals surface area contributed by atoms with E-state index in [0.29, 0.717) is 0 Å². The molecule has 0 heterocycles. The van der Waals surface area contributed by atoms with E-state index in [1.807, 2.05) is 25.1 Å². The van der Waals surface area contributed by atoms with Crippen LogP contribution in [-0.4, -0.2) is 18.0 Å². The zero-order chi connectivity index (χ0) is 14.3. The molecule has 0 aromatic heterocycles. The van der Waals surface area contributed by atoms with Crippen molar-refractivity contribution in [2.75, 3.05) is 0 Å². The SMILES string of the molecule is CCC(CC)NC(=O)C(C)N[C@H](C)c1ccccc1. The molecule has 3 nitrogen and oxygen atoms in total. The molecule has 1 unspecified atom stereocenters. The first kappa shape index (κ1) is 15.7. The van der Waals surface area contributed by atoms with Crippen molar-refractivity contribution in [3.8, 4) is 0 Å². The monoisotopic (exact) mass is 262 g/mol. The average Bonchev–Trinajstić information content (AvgIpc) is 2.45. The first-order valence-electron chi connectivity index (χ1n) is 7.19. The lowest BCUT2D eigenvalue weighted by atomic mass is 10.1. The third-order valence-corrected chi connectivity index (χ3v) is 3.52. The summed E-state index contributed by atoms with van der Waals surface area (Å²) in [5.74, 6) is 0.0801. The highest BCUT2D eigenvalue weighted by Crippen LogP contribution is 2.12. The number of benzene rings is 1. The van der Waals surface area contributed by atoms with Crippen LogP contribution in [0.25, 0.3) is 0 Å². The minimum atomic E-state index is -0.184. The second-order valence-corrected chi connectivity index (χ2v) is 5.04. The van der Waals surface area contributed by atoms with Crippen LogP contribution in [0.3, 0.4) is 0 Å². The van der Waals surface area contributed by atoms with Gasteiger partial charge in [-0.15, -0.1) is 0 Å². The van der Waals surface area contributed by atoms with Gasteiger partial charge in [0.05, 0.1) is 6.04 Å². The molecule has 106 valence electrons. The molecule has 0 spiro atoms. The first-order valence-corrected chi connectivity index (χ1v) is 7.19. The van der Waals surface area contributed by atoms with Gasteiger partial charge in [0.1, 0.15) is 0 Å². The van der Waals surface area contributed by atoms with Gasteiger partial charge >= 0.3 is 0 Å². The Bertz CT molecular complexity index is 374. The predicted molar refractivity (Wildman–Crippen MR) is 80.0 cm³/mol. The maximum atomic E-state index is 12.1. The summed E-state index contributed by atoms with van der Waals surface area (Å²) in [5, 5.41) is 6.41. The van der Waals surface area contributed by atoms with Crippen molar-refractivity contribution >= 4 is 5.91 Å². The van der Waals surface area contributed by atoms with Gasteiger partial charge in [-0.2, -0.15) is 0 Å². The van der Waals surface area contributed by atoms with Crippen molar-refractivity contribution in [1.29, 1.82) is 0 Å². The summed E-state index contributed by atoms with van der Waals surface area (Å²) in [5.41, 5.74) is 1.20. The molecule has 0 radical (unpaired) electrons. The number of carbonyl (C=O) groups excluding carboxylic acids is 1. The summed E-state index contributed by atoms with van der Waals surface area (Å²) in [6.07, 6.45) is 1.95. The van der Waals surface area contributed by atoms with E-state index in [0.717, 1.165) is 12.8 Å². The Morgan fingerprint density at radius 1 is 1.11 bits per heavy atom. The Labute approximate surface area is 116 Å². The fourth-order valence-corrected chi connectivity index (χ4v) is 2.11. The van der Waals surface area contributed by atoms with Crippen LogP contribution in [0.15, 0.2) is 30.3 Å². The molecular weight excluding hydrogens is 236 g/mol. The van der Waals surface area contributed by atoms with Crippen LogP contribution >= 0.6 is 0 Å². The van der Waals surface area contributed by atoms with Gasteiger partial charge in [0, 0.05) is 12.1 Å². The quantitative estimate of drug-likeness (QED) is 0.793. The van der Waals surface area contributed by atoms with Crippen molar-refractivity contribution in [3.05, 3.63) is 35.9 Å². The van der Waals surface area contributed by atoms with Crippen molar-refractivity contribution < 1.29 is 4.79 Å². The topological polar surface area (TPSA) is 41.1 Å². The molecule has 2 N–H and O–H groups in total. The van der Waals surface area contributed by atoms with Crippen molar-refractivity contribution in [2.24, 2.45) is 0 Å². The summed E-state index contributed by atoms with van der Waals surface area (Å²) in [7, 11) is 0. The summed E-state index contributed by atoms with van der Waals surface area (Å²) in [6, 6.07) is 10.4. The lowest BCUT2D eigenvalue weighted by Gasteiger charge is -2.22. The van der Waals surface area contributed by atoms with Crippen LogP contribution in [-0.2, 0) is 4.79 Å². The van der Waals surface area contributed by atoms with E-state index in [9.17, 15) is 4.79 Å². The predicted octanol–water partition coefficient (Wildman–Crippen LogP) is 3.03. The zero-order valence-corrected chi connectivity index (χ0v) is 12.4. The van der Waals surface area contributed by atoms with Gasteiger partial charge in [0.25, 0.3) is 0 Å². The molecule has 0 bridgehead atoms. The summed E-state index contributed by atoms with van der Waals surface area (Å²) in [4.78, 5) is 12.1. The standard InChI is InChI=1S/C16H26N2O/c1-5-15(6-2)18-16(19)13(4)17-12(3)14-10-8-7-9-11-14/h7-13,15,17H,5-6H2,1-4H3,(H,18,19)/t12-,13?/m1/s1. The van der Waals surface area contributed by atoms with Gasteiger partial charge < -0.3 is 5.32 Å². The van der Waals surface area contributed by atoms with Crippen molar-refractivity contribution in [1.82, 2.24) is 10.6 Å². The van der Waals surface area contributed by atoms with Crippen LogP contribution in [0, 0.1) is 0 Å². The van der Waals surface area contributed by atoms with Gasteiger partial charge in [-0.25, -0.2) is 0 Å². The van der Waals surface area contributed by atoms with Crippen LogP contribution in [0.5, 0.6) is 0 Å². The zero-order valence-electron chi connectivity index (χ0n) is 12.4. The van der Waals surface area contributed by atoms with E-state index in [1.165, 1.54) is 5.56 Å². The maximum absolute atomic E-state index is 12.1. The summed E-state index contributed by atoms with van der Waals surface area (Å²) < 4.78 is 0. The highest BCUT2D eigenvalue weighted by molar-refractivity contribution is 5.81. The molecule has 0 aliphatic carbocycles. The molecule has 0 aliphatic rings. The highest BCUT2D eigenvalue weighted by atomic mass is 16.2. The first-order chi connectivity index (χ1) is 9.08. The number of rotatable bonds is 7. The minimum Gasteiger partial charge on any atom is -0.352 e. The van der Waals surface area contributed by atoms with E-state index >= 15 is 0 Å². The number of hydrogen-bond donors (Lipinski definition) is 2. The van der Waals surface area contributed by atoms with Crippen molar-refractivity contribution in [3.63, 3.8) is 0 Å². The molecule has 1 aromatic rings. The van der Waals surface area contributed by atoms with Gasteiger partial charge in [-0.3, -0.25) is 10.1 Å². The Hall–Kier alpha value is -1.35. The maximum Gasteiger partial charge on any atom is 0.237 e. The normalized spacial score (nSPS) is 14.2. The molecule has 1 aromatic carbocycles. The van der Waals surface area contributed by atoms with Crippen LogP contribution in [0.1, 0.15) is 52.1 Å². The Morgan fingerprint density at radius 2 is 1.68 bits per heavy atom. The van der Waals surface area contributed by atoms with E-state index in [1.54, 1.807) is 0 Å². The average molecular weight is 262 g/mol. The number of carbonyl (C=O) groups is 1. The molecule has 2 atom stereocenters. The molecule has 0 aliphatic heterocycles. The Balaban J connectivity index is 2.50. The van der Waals surface area contributed by atoms with Gasteiger partial charge in [0.2, 0.25) is 5.91 Å². The van der Waals surface area contributed by atoms with Crippen LogP contribution < -0.4 is 10.6 Å². The highest BCUT2D eigenvalue weighted by Gasteiger charge is 2.17. The minimum absolute atomic E-state index is 0.0801. The number of nitrogens with one attached hydrogen (secondary N) is 2. The Kier molecular flexibility index (Phi) is 6.57. The molecule has 1 amide bonds. The van der Waals surface area contributed by atoms with E-state index in [4.69, 9.17) is 0 Å². The van der Waals surface area contributed by atoms with Gasteiger partial charge in [0.15, 0.2) is 0 Å². The third kappa shape index (κ3) is 5.03. The van der Waals surface area contributed by atoms with Gasteiger partial charge in [-0.05, 0) is 32.3 Å². The molecule has 1 rings (SSSR count). The molecule has 19 heavy (non-hydrogen) atoms. The largest absolute Gasteiger partial charge is 0.352 e. The van der Waals surface area contributed by atoms with E-state index < -0.39 is 0 Å². The number of amides is 1. The van der Waals surface area contributed by atoms with Crippen LogP contribution in [0.4, 0.5) is 0 Å². The smallest absolute Gasteiger partial charge is 0.237 e. The third-order valence-electron chi connectivity index (χ3n) is 3.52.